The number of benzene rings is 3. The molecule has 0 aliphatic carbocycles. The smallest absolute Gasteiger partial charge is 0.261 e. The van der Waals surface area contributed by atoms with Gasteiger partial charge in [0.25, 0.3) is 8.32 Å². The van der Waals surface area contributed by atoms with Crippen molar-refractivity contribution in [1.82, 2.24) is 9.97 Å². The van der Waals surface area contributed by atoms with E-state index in [1.54, 1.807) is 6.07 Å². The minimum absolute atomic E-state index is 0.0869. The molecular weight excluding hydrogens is 581 g/mol. The second kappa shape index (κ2) is 12.7. The lowest BCUT2D eigenvalue weighted by Gasteiger charge is -2.43. The average Bonchev–Trinajstić information content (AvgIpc) is 2.99. The maximum Gasteiger partial charge on any atom is 0.261 e. The summed E-state index contributed by atoms with van der Waals surface area (Å²) in [5.41, 5.74) is 1.21. The van der Waals surface area contributed by atoms with Gasteiger partial charge in [-0.3, -0.25) is 4.79 Å². The molecule has 0 bridgehead atoms. The van der Waals surface area contributed by atoms with E-state index in [-0.39, 0.29) is 40.0 Å². The molecule has 3 aromatic carbocycles. The summed E-state index contributed by atoms with van der Waals surface area (Å²) in [6.45, 7) is 11.7. The zero-order valence-electron chi connectivity index (χ0n) is 25.2. The Bertz CT molecular complexity index is 1520. The molecule has 4 aromatic rings. The highest BCUT2D eigenvalue weighted by Crippen LogP contribution is 2.41. The molecule has 1 aliphatic rings. The topological polar surface area (TPSA) is 64.5 Å². The lowest BCUT2D eigenvalue weighted by Crippen LogP contribution is -2.66. The summed E-state index contributed by atoms with van der Waals surface area (Å²) < 4.78 is 29.2. The second-order valence-corrected chi connectivity index (χ2v) is 16.8. The molecule has 1 aromatic heterocycles. The average molecular weight is 618 g/mol. The van der Waals surface area contributed by atoms with Crippen LogP contribution in [0.5, 0.6) is 0 Å². The van der Waals surface area contributed by atoms with Crippen molar-refractivity contribution in [3.05, 3.63) is 113 Å². The largest absolute Gasteiger partial charge is 0.403 e. The molecule has 1 saturated heterocycles. The number of nitrogens with zero attached hydrogens (tertiary/aromatic N) is 3. The first-order valence-electron chi connectivity index (χ1n) is 14.5. The van der Waals surface area contributed by atoms with Crippen molar-refractivity contribution in [1.29, 1.82) is 0 Å². The normalized spacial score (nSPS) is 17.6. The summed E-state index contributed by atoms with van der Waals surface area (Å²) in [4.78, 5) is 23.5. The number of halogens is 2. The maximum absolute atomic E-state index is 16.0. The highest BCUT2D eigenvalue weighted by Gasteiger charge is 2.50. The molecule has 0 spiro atoms. The summed E-state index contributed by atoms with van der Waals surface area (Å²) in [5, 5.41) is 1.86. The van der Waals surface area contributed by atoms with Gasteiger partial charge < -0.3 is 14.1 Å². The first-order valence-corrected chi connectivity index (χ1v) is 16.8. The molecule has 5 rings (SSSR count). The molecule has 43 heavy (non-hydrogen) atoms. The Kier molecular flexibility index (Phi) is 9.13. The summed E-state index contributed by atoms with van der Waals surface area (Å²) >= 11 is 6.85. The highest BCUT2D eigenvalue weighted by atomic mass is 35.5. The lowest BCUT2D eigenvalue weighted by atomic mass is 10.00. The Morgan fingerprint density at radius 2 is 1.53 bits per heavy atom. The van der Waals surface area contributed by atoms with Crippen LogP contribution in [0, 0.1) is 5.82 Å². The number of carbonyl (C=O) groups is 1. The Morgan fingerprint density at radius 1 is 1.00 bits per heavy atom. The van der Waals surface area contributed by atoms with Crippen LogP contribution in [0.25, 0.3) is 0 Å². The third kappa shape index (κ3) is 6.15. The minimum atomic E-state index is -2.96. The summed E-state index contributed by atoms with van der Waals surface area (Å²) in [6.07, 6.45) is 3.90. The number of anilines is 1. The number of hydrogen-bond acceptors (Lipinski definition) is 6. The van der Waals surface area contributed by atoms with E-state index in [0.29, 0.717) is 24.3 Å². The summed E-state index contributed by atoms with van der Waals surface area (Å²) in [5.74, 6) is -1.31. The number of aromatic nitrogens is 2. The van der Waals surface area contributed by atoms with E-state index in [4.69, 9.17) is 20.8 Å². The van der Waals surface area contributed by atoms with Gasteiger partial charge in [0.05, 0.1) is 35.6 Å². The number of hydrogen-bond donors (Lipinski definition) is 0. The van der Waals surface area contributed by atoms with Crippen molar-refractivity contribution in [2.45, 2.75) is 58.5 Å². The van der Waals surface area contributed by atoms with Gasteiger partial charge in [-0.2, -0.15) is 0 Å². The number of ketones is 1. The quantitative estimate of drug-likeness (QED) is 0.174. The first-order chi connectivity index (χ1) is 20.5. The SMILES string of the molecule is CC1CN(c2c(CO[Si](c3ccccc3)(c3ccccc3)C(C)(C)C)cc(C(=O)c3cncnc3)c(F)c2Cl)CC(C)O1. The molecule has 1 fully saturated rings. The van der Waals surface area contributed by atoms with Crippen LogP contribution in [0.15, 0.2) is 85.5 Å². The Hall–Kier alpha value is -3.43. The Morgan fingerprint density at radius 3 is 2.05 bits per heavy atom. The molecule has 0 amide bonds. The fourth-order valence-corrected chi connectivity index (χ4v) is 11.0. The lowest BCUT2D eigenvalue weighted by molar-refractivity contribution is -0.00532. The molecule has 2 atom stereocenters. The van der Waals surface area contributed by atoms with Crippen LogP contribution >= 0.6 is 11.6 Å². The molecule has 0 saturated carbocycles. The highest BCUT2D eigenvalue weighted by molar-refractivity contribution is 6.99. The summed E-state index contributed by atoms with van der Waals surface area (Å²) in [7, 11) is -2.96. The molecular formula is C34H37ClFN3O3Si. The predicted octanol–water partition coefficient (Wildman–Crippen LogP) is 6.19. The van der Waals surface area contributed by atoms with Crippen molar-refractivity contribution >= 4 is 41.8 Å². The van der Waals surface area contributed by atoms with Gasteiger partial charge in [0.1, 0.15) is 11.3 Å². The molecule has 6 nitrogen and oxygen atoms in total. The molecule has 0 N–H and O–H groups in total. The van der Waals surface area contributed by atoms with Gasteiger partial charge in [0, 0.05) is 31.0 Å². The molecule has 0 radical (unpaired) electrons. The van der Waals surface area contributed by atoms with Gasteiger partial charge in [0.15, 0.2) is 11.6 Å². The number of rotatable bonds is 8. The van der Waals surface area contributed by atoms with Gasteiger partial charge >= 0.3 is 0 Å². The van der Waals surface area contributed by atoms with Gasteiger partial charge in [-0.1, -0.05) is 93.0 Å². The molecule has 2 unspecified atom stereocenters. The third-order valence-corrected chi connectivity index (χ3v) is 13.3. The van der Waals surface area contributed by atoms with Crippen molar-refractivity contribution in [2.24, 2.45) is 0 Å². The van der Waals surface area contributed by atoms with Crippen molar-refractivity contribution in [3.8, 4) is 0 Å². The Balaban J connectivity index is 1.68. The van der Waals surface area contributed by atoms with Gasteiger partial charge in [0.2, 0.25) is 0 Å². The van der Waals surface area contributed by atoms with Crippen molar-refractivity contribution < 1.29 is 18.3 Å². The van der Waals surface area contributed by atoms with E-state index < -0.39 is 19.9 Å². The van der Waals surface area contributed by atoms with Crippen LogP contribution in [-0.4, -0.2) is 49.4 Å². The van der Waals surface area contributed by atoms with E-state index in [9.17, 15) is 4.79 Å². The van der Waals surface area contributed by atoms with Crippen molar-refractivity contribution in [3.63, 3.8) is 0 Å². The monoisotopic (exact) mass is 617 g/mol. The van der Waals surface area contributed by atoms with Crippen LogP contribution in [0.1, 0.15) is 56.1 Å². The zero-order chi connectivity index (χ0) is 30.8. The first kappa shape index (κ1) is 31.0. The Labute approximate surface area is 259 Å². The van der Waals surface area contributed by atoms with Gasteiger partial charge in [-0.05, 0) is 35.3 Å². The predicted molar refractivity (Wildman–Crippen MR) is 172 cm³/mol. The molecule has 2 heterocycles. The summed E-state index contributed by atoms with van der Waals surface area (Å²) in [6, 6.07) is 22.2. The van der Waals surface area contributed by atoms with Gasteiger partial charge in [-0.15, -0.1) is 0 Å². The fourth-order valence-electron chi connectivity index (χ4n) is 6.17. The maximum atomic E-state index is 16.0. The fraction of sp³-hybridized carbons (Fsp3) is 0.324. The van der Waals surface area contributed by atoms with Crippen LogP contribution in [0.2, 0.25) is 10.1 Å². The van der Waals surface area contributed by atoms with E-state index in [2.05, 4.69) is 55.0 Å². The van der Waals surface area contributed by atoms with Crippen LogP contribution in [0.4, 0.5) is 10.1 Å². The van der Waals surface area contributed by atoms with E-state index >= 15 is 4.39 Å². The number of ether oxygens (including phenoxy) is 1. The van der Waals surface area contributed by atoms with E-state index in [1.165, 1.54) is 18.7 Å². The standard InChI is InChI=1S/C34H37ClFN3O3Si/c1-23-19-39(20-24(2)42-23)32-25(16-29(31(36)30(32)35)33(40)26-17-37-22-38-18-26)21-41-43(34(3,4)5,27-12-8-6-9-13-27)28-14-10-7-11-15-28/h6-18,22-24H,19-21H2,1-5H3. The molecule has 224 valence electrons. The zero-order valence-corrected chi connectivity index (χ0v) is 26.9. The van der Waals surface area contributed by atoms with Gasteiger partial charge in [-0.25, -0.2) is 14.4 Å². The minimum Gasteiger partial charge on any atom is -0.403 e. The number of morpholine rings is 1. The van der Waals surface area contributed by atoms with E-state index in [1.807, 2.05) is 55.1 Å². The second-order valence-electron chi connectivity index (χ2n) is 12.1. The number of carbonyl (C=O) groups excluding carboxylic acids is 1. The van der Waals surface area contributed by atoms with Crippen molar-refractivity contribution in [2.75, 3.05) is 18.0 Å². The molecule has 1 aliphatic heterocycles. The van der Waals surface area contributed by atoms with Crippen LogP contribution in [-0.2, 0) is 15.8 Å². The van der Waals surface area contributed by atoms with Crippen LogP contribution in [0.3, 0.4) is 0 Å². The van der Waals surface area contributed by atoms with Crippen LogP contribution < -0.4 is 15.3 Å². The molecule has 9 heteroatoms. The van der Waals surface area contributed by atoms with E-state index in [0.717, 1.165) is 10.4 Å². The third-order valence-electron chi connectivity index (χ3n) is 7.92.